The van der Waals surface area contributed by atoms with Crippen molar-refractivity contribution >= 4 is 5.91 Å². The minimum absolute atomic E-state index is 0.0734. The molecule has 0 aliphatic rings. The number of hydrogen-bond donors (Lipinski definition) is 1. The Morgan fingerprint density at radius 3 is 1.30 bits per heavy atom. The molecular weight excluding hydrogens is 458 g/mol. The topological polar surface area (TPSA) is 47.6 Å². The average molecular weight is 525 g/mol. The summed E-state index contributed by atoms with van der Waals surface area (Å²) in [7, 11) is 0. The maximum absolute atomic E-state index is 11.2. The molecule has 1 amide bonds. The standard InChI is InChI=1S/C33H66NO3/c1-4-6-8-10-12-14-16-18-20-22-24-26-28-36-31-33(30-34-32(3)35)37-29-27-25-23-21-19-17-15-13-11-9-7-5-2/h33H,3-31H2,1-2H3,(H,34,35). The summed E-state index contributed by atoms with van der Waals surface area (Å²) in [5.74, 6) is -0.250. The SMILES string of the molecule is [CH2]C(=O)NCC(COCCCCCCCCCCCCCC)OCCCCCCCCCCCCCC. The van der Waals surface area contributed by atoms with E-state index in [0.29, 0.717) is 13.2 Å². The van der Waals surface area contributed by atoms with Crippen molar-refractivity contribution in [3.63, 3.8) is 0 Å². The molecule has 0 aliphatic heterocycles. The lowest BCUT2D eigenvalue weighted by molar-refractivity contribution is -0.117. The third-order valence-electron chi connectivity index (χ3n) is 7.32. The van der Waals surface area contributed by atoms with Crippen LogP contribution in [0.15, 0.2) is 0 Å². The van der Waals surface area contributed by atoms with Crippen molar-refractivity contribution in [2.45, 2.75) is 174 Å². The van der Waals surface area contributed by atoms with E-state index in [2.05, 4.69) is 26.1 Å². The molecule has 37 heavy (non-hydrogen) atoms. The zero-order valence-corrected chi connectivity index (χ0v) is 25.3. The van der Waals surface area contributed by atoms with Crippen molar-refractivity contribution in [3.8, 4) is 0 Å². The van der Waals surface area contributed by atoms with E-state index in [-0.39, 0.29) is 12.0 Å². The first kappa shape index (κ1) is 36.4. The van der Waals surface area contributed by atoms with E-state index >= 15 is 0 Å². The summed E-state index contributed by atoms with van der Waals surface area (Å²) in [6, 6.07) is 0. The molecule has 0 heterocycles. The van der Waals surface area contributed by atoms with Crippen LogP contribution in [0.2, 0.25) is 0 Å². The molecular formula is C33H66NO3. The van der Waals surface area contributed by atoms with Crippen LogP contribution in [0.25, 0.3) is 0 Å². The molecule has 0 aliphatic carbocycles. The van der Waals surface area contributed by atoms with Crippen LogP contribution in [0.1, 0.15) is 168 Å². The van der Waals surface area contributed by atoms with Gasteiger partial charge in [0.2, 0.25) is 5.91 Å². The third kappa shape index (κ3) is 31.5. The Balaban J connectivity index is 3.58. The van der Waals surface area contributed by atoms with Crippen LogP contribution in [-0.2, 0) is 14.3 Å². The Morgan fingerprint density at radius 2 is 0.919 bits per heavy atom. The molecule has 0 rings (SSSR count). The van der Waals surface area contributed by atoms with Crippen molar-refractivity contribution in [1.29, 1.82) is 0 Å². The Labute approximate surface area is 232 Å². The summed E-state index contributed by atoms with van der Waals surface area (Å²) in [4.78, 5) is 11.2. The Hall–Kier alpha value is -0.610. The van der Waals surface area contributed by atoms with Gasteiger partial charge in [0, 0.05) is 26.7 Å². The van der Waals surface area contributed by atoms with Gasteiger partial charge in [-0.2, -0.15) is 0 Å². The Bertz CT molecular complexity index is 443. The number of rotatable bonds is 31. The molecule has 0 fully saturated rings. The maximum Gasteiger partial charge on any atom is 0.220 e. The molecule has 0 aromatic rings. The molecule has 221 valence electrons. The summed E-state index contributed by atoms with van der Waals surface area (Å²) >= 11 is 0. The number of hydrogen-bond acceptors (Lipinski definition) is 3. The number of carbonyl (C=O) groups is 1. The first-order valence-electron chi connectivity index (χ1n) is 16.5. The molecule has 0 spiro atoms. The van der Waals surface area contributed by atoms with E-state index in [0.717, 1.165) is 26.1 Å². The van der Waals surface area contributed by atoms with Crippen LogP contribution in [0.5, 0.6) is 0 Å². The minimum atomic E-state index is -0.250. The fourth-order valence-electron chi connectivity index (χ4n) is 4.85. The Morgan fingerprint density at radius 1 is 0.568 bits per heavy atom. The highest BCUT2D eigenvalue weighted by atomic mass is 16.5. The van der Waals surface area contributed by atoms with E-state index < -0.39 is 0 Å². The highest BCUT2D eigenvalue weighted by molar-refractivity contribution is 5.79. The smallest absolute Gasteiger partial charge is 0.220 e. The number of unbranched alkanes of at least 4 members (excludes halogenated alkanes) is 22. The van der Waals surface area contributed by atoms with Crippen molar-refractivity contribution in [2.75, 3.05) is 26.4 Å². The fourth-order valence-corrected chi connectivity index (χ4v) is 4.85. The van der Waals surface area contributed by atoms with E-state index in [1.807, 2.05) is 0 Å². The minimum Gasteiger partial charge on any atom is -0.379 e. The number of carbonyl (C=O) groups excluding carboxylic acids is 1. The largest absolute Gasteiger partial charge is 0.379 e. The van der Waals surface area contributed by atoms with Crippen LogP contribution >= 0.6 is 0 Å². The normalized spacial score (nSPS) is 12.2. The van der Waals surface area contributed by atoms with Gasteiger partial charge in [0.05, 0.1) is 12.7 Å². The van der Waals surface area contributed by atoms with Gasteiger partial charge in [0.1, 0.15) is 0 Å². The van der Waals surface area contributed by atoms with Crippen LogP contribution in [0.4, 0.5) is 0 Å². The van der Waals surface area contributed by atoms with Crippen molar-refractivity contribution in [3.05, 3.63) is 6.92 Å². The van der Waals surface area contributed by atoms with Crippen molar-refractivity contribution in [1.82, 2.24) is 5.32 Å². The molecule has 1 atom stereocenters. The van der Waals surface area contributed by atoms with Crippen LogP contribution in [0, 0.1) is 6.92 Å². The molecule has 0 aromatic carbocycles. The van der Waals surface area contributed by atoms with Crippen molar-refractivity contribution < 1.29 is 14.3 Å². The summed E-state index contributed by atoms with van der Waals surface area (Å²) in [6.45, 7) is 10.5. The molecule has 0 aromatic heterocycles. The molecule has 4 nitrogen and oxygen atoms in total. The van der Waals surface area contributed by atoms with E-state index in [1.54, 1.807) is 0 Å². The summed E-state index contributed by atoms with van der Waals surface area (Å²) in [5.41, 5.74) is 0. The van der Waals surface area contributed by atoms with Gasteiger partial charge in [-0.15, -0.1) is 0 Å². The van der Waals surface area contributed by atoms with Gasteiger partial charge in [-0.1, -0.05) is 155 Å². The lowest BCUT2D eigenvalue weighted by Gasteiger charge is -2.18. The number of ether oxygens (including phenoxy) is 2. The Kier molecular flexibility index (Phi) is 31.1. The highest BCUT2D eigenvalue weighted by Gasteiger charge is 2.10. The molecule has 0 bridgehead atoms. The highest BCUT2D eigenvalue weighted by Crippen LogP contribution is 2.13. The van der Waals surface area contributed by atoms with Gasteiger partial charge in [-0.3, -0.25) is 4.79 Å². The number of amides is 1. The zero-order valence-electron chi connectivity index (χ0n) is 25.3. The predicted molar refractivity (Wildman–Crippen MR) is 161 cm³/mol. The van der Waals surface area contributed by atoms with E-state index in [9.17, 15) is 4.79 Å². The molecule has 4 heteroatoms. The van der Waals surface area contributed by atoms with Crippen molar-refractivity contribution in [2.24, 2.45) is 0 Å². The van der Waals surface area contributed by atoms with Crippen LogP contribution in [0.3, 0.4) is 0 Å². The first-order valence-corrected chi connectivity index (χ1v) is 16.5. The monoisotopic (exact) mass is 525 g/mol. The fraction of sp³-hybridized carbons (Fsp3) is 0.939. The second-order valence-corrected chi connectivity index (χ2v) is 11.1. The lowest BCUT2D eigenvalue weighted by Crippen LogP contribution is -2.35. The van der Waals surface area contributed by atoms with Gasteiger partial charge >= 0.3 is 0 Å². The lowest BCUT2D eigenvalue weighted by atomic mass is 10.1. The van der Waals surface area contributed by atoms with Gasteiger partial charge in [0.25, 0.3) is 0 Å². The molecule has 1 N–H and O–H groups in total. The van der Waals surface area contributed by atoms with Gasteiger partial charge in [-0.25, -0.2) is 0 Å². The molecule has 1 radical (unpaired) electrons. The van der Waals surface area contributed by atoms with E-state index in [1.165, 1.54) is 141 Å². The first-order chi connectivity index (χ1) is 18.2. The molecule has 0 saturated heterocycles. The molecule has 0 saturated carbocycles. The second-order valence-electron chi connectivity index (χ2n) is 11.1. The summed E-state index contributed by atoms with van der Waals surface area (Å²) in [5, 5.41) is 2.79. The van der Waals surface area contributed by atoms with Gasteiger partial charge in [-0.05, 0) is 12.8 Å². The van der Waals surface area contributed by atoms with Gasteiger partial charge in [0.15, 0.2) is 0 Å². The van der Waals surface area contributed by atoms with Crippen LogP contribution < -0.4 is 5.32 Å². The van der Waals surface area contributed by atoms with Gasteiger partial charge < -0.3 is 14.8 Å². The quantitative estimate of drug-likeness (QED) is 0.0918. The zero-order chi connectivity index (χ0) is 27.1. The summed E-state index contributed by atoms with van der Waals surface area (Å²) < 4.78 is 11.9. The number of nitrogens with one attached hydrogen (secondary N) is 1. The summed E-state index contributed by atoms with van der Waals surface area (Å²) in [6.07, 6.45) is 32.3. The third-order valence-corrected chi connectivity index (χ3v) is 7.32. The second kappa shape index (κ2) is 31.6. The average Bonchev–Trinajstić information content (AvgIpc) is 2.89. The maximum atomic E-state index is 11.2. The van der Waals surface area contributed by atoms with E-state index in [4.69, 9.17) is 9.47 Å². The predicted octanol–water partition coefficient (Wildman–Crippen LogP) is 9.74. The van der Waals surface area contributed by atoms with Crippen LogP contribution in [-0.4, -0.2) is 38.4 Å². The molecule has 1 unspecified atom stereocenters.